The number of nitro benzene ring substituents is 1. The third-order valence-electron chi connectivity index (χ3n) is 4.09. The third-order valence-corrected chi connectivity index (χ3v) is 4.09. The fraction of sp³-hybridized carbons (Fsp3) is 0.0952. The van der Waals surface area contributed by atoms with E-state index < -0.39 is 4.92 Å². The molecule has 0 N–H and O–H groups in total. The first-order chi connectivity index (χ1) is 12.4. The number of halogens is 1. The molecule has 130 valence electrons. The van der Waals surface area contributed by atoms with Gasteiger partial charge in [0.15, 0.2) is 5.78 Å². The van der Waals surface area contributed by atoms with Gasteiger partial charge in [-0.25, -0.2) is 4.39 Å². The summed E-state index contributed by atoms with van der Waals surface area (Å²) in [6.45, 7) is 1.89. The molecule has 0 aromatic heterocycles. The average molecular weight is 349 g/mol. The van der Waals surface area contributed by atoms with Crippen molar-refractivity contribution in [3.8, 4) is 11.1 Å². The van der Waals surface area contributed by atoms with Crippen LogP contribution in [0.2, 0.25) is 0 Å². The normalized spacial score (nSPS) is 10.5. The minimum Gasteiger partial charge on any atom is -0.294 e. The maximum absolute atomic E-state index is 14.0. The smallest absolute Gasteiger partial charge is 0.269 e. The van der Waals surface area contributed by atoms with Crippen LogP contribution in [0.4, 0.5) is 10.1 Å². The van der Waals surface area contributed by atoms with Gasteiger partial charge in [0, 0.05) is 29.7 Å². The highest BCUT2D eigenvalue weighted by molar-refractivity contribution is 5.97. The van der Waals surface area contributed by atoms with Crippen molar-refractivity contribution in [3.63, 3.8) is 0 Å². The van der Waals surface area contributed by atoms with Gasteiger partial charge in [-0.2, -0.15) is 0 Å². The van der Waals surface area contributed by atoms with Gasteiger partial charge in [0.05, 0.1) is 4.92 Å². The number of aryl methyl sites for hydroxylation is 1. The summed E-state index contributed by atoms with van der Waals surface area (Å²) in [4.78, 5) is 22.7. The molecule has 3 rings (SSSR count). The summed E-state index contributed by atoms with van der Waals surface area (Å²) in [6, 6.07) is 17.6. The topological polar surface area (TPSA) is 60.2 Å². The quantitative estimate of drug-likeness (QED) is 0.364. The van der Waals surface area contributed by atoms with E-state index in [1.165, 1.54) is 30.3 Å². The maximum Gasteiger partial charge on any atom is 0.269 e. The molecule has 5 heteroatoms. The lowest BCUT2D eigenvalue weighted by Gasteiger charge is -2.09. The Labute approximate surface area is 150 Å². The Morgan fingerprint density at radius 2 is 1.73 bits per heavy atom. The van der Waals surface area contributed by atoms with Crippen LogP contribution in [0.15, 0.2) is 66.7 Å². The standard InChI is InChI=1S/C21H16FNO3/c1-14-10-15(12-17(11-14)19-4-2-3-5-20(19)22)13-21(24)16-6-8-18(9-7-16)23(25)26/h2-12H,13H2,1H3. The fourth-order valence-corrected chi connectivity index (χ4v) is 2.87. The second-order valence-electron chi connectivity index (χ2n) is 6.09. The number of ketones is 1. The Morgan fingerprint density at radius 3 is 2.38 bits per heavy atom. The van der Waals surface area contributed by atoms with Crippen LogP contribution in [0.5, 0.6) is 0 Å². The van der Waals surface area contributed by atoms with E-state index in [1.807, 2.05) is 19.1 Å². The summed E-state index contributed by atoms with van der Waals surface area (Å²) in [5.74, 6) is -0.462. The van der Waals surface area contributed by atoms with Crippen LogP contribution in [0.1, 0.15) is 21.5 Å². The Balaban J connectivity index is 1.87. The number of non-ortho nitro benzene ring substituents is 1. The molecule has 3 aromatic rings. The summed E-state index contributed by atoms with van der Waals surface area (Å²) in [6.07, 6.45) is 0.140. The van der Waals surface area contributed by atoms with Gasteiger partial charge >= 0.3 is 0 Å². The zero-order chi connectivity index (χ0) is 18.7. The number of carbonyl (C=O) groups is 1. The first-order valence-corrected chi connectivity index (χ1v) is 8.07. The lowest BCUT2D eigenvalue weighted by molar-refractivity contribution is -0.384. The highest BCUT2D eigenvalue weighted by Crippen LogP contribution is 2.25. The summed E-state index contributed by atoms with van der Waals surface area (Å²) in [5, 5.41) is 10.7. The monoisotopic (exact) mass is 349 g/mol. The van der Waals surface area contributed by atoms with Crippen molar-refractivity contribution in [1.29, 1.82) is 0 Å². The van der Waals surface area contributed by atoms with Crippen LogP contribution in [-0.4, -0.2) is 10.7 Å². The zero-order valence-corrected chi connectivity index (χ0v) is 14.1. The molecule has 0 aliphatic rings. The van der Waals surface area contributed by atoms with Crippen molar-refractivity contribution >= 4 is 11.5 Å². The van der Waals surface area contributed by atoms with Crippen LogP contribution < -0.4 is 0 Å². The summed E-state index contributed by atoms with van der Waals surface area (Å²) >= 11 is 0. The second-order valence-corrected chi connectivity index (χ2v) is 6.09. The first kappa shape index (κ1) is 17.5. The van der Waals surface area contributed by atoms with Gasteiger partial charge in [0.2, 0.25) is 0 Å². The largest absolute Gasteiger partial charge is 0.294 e. The van der Waals surface area contributed by atoms with E-state index in [4.69, 9.17) is 0 Å². The molecule has 4 nitrogen and oxygen atoms in total. The number of Topliss-reactive ketones (excluding diaryl/α,β-unsaturated/α-hetero) is 1. The number of carbonyl (C=O) groups excluding carboxylic acids is 1. The van der Waals surface area contributed by atoms with Crippen molar-refractivity contribution in [2.45, 2.75) is 13.3 Å². The highest BCUT2D eigenvalue weighted by atomic mass is 19.1. The average Bonchev–Trinajstić information content (AvgIpc) is 2.61. The van der Waals surface area contributed by atoms with Gasteiger partial charge in [-0.15, -0.1) is 0 Å². The van der Waals surface area contributed by atoms with E-state index in [1.54, 1.807) is 24.3 Å². The van der Waals surface area contributed by atoms with Gasteiger partial charge in [-0.3, -0.25) is 14.9 Å². The summed E-state index contributed by atoms with van der Waals surface area (Å²) in [5.41, 5.74) is 3.25. The highest BCUT2D eigenvalue weighted by Gasteiger charge is 2.12. The van der Waals surface area contributed by atoms with Crippen LogP contribution in [0.3, 0.4) is 0 Å². The fourth-order valence-electron chi connectivity index (χ4n) is 2.87. The van der Waals surface area contributed by atoms with E-state index in [2.05, 4.69) is 0 Å². The van der Waals surface area contributed by atoms with Crippen LogP contribution >= 0.6 is 0 Å². The van der Waals surface area contributed by atoms with Crippen LogP contribution in [0, 0.1) is 22.9 Å². The van der Waals surface area contributed by atoms with E-state index >= 15 is 0 Å². The molecule has 0 amide bonds. The number of nitro groups is 1. The predicted molar refractivity (Wildman–Crippen MR) is 97.7 cm³/mol. The third kappa shape index (κ3) is 3.83. The molecule has 0 radical (unpaired) electrons. The first-order valence-electron chi connectivity index (χ1n) is 8.07. The summed E-state index contributed by atoms with van der Waals surface area (Å²) < 4.78 is 14.0. The number of rotatable bonds is 5. The molecule has 3 aromatic carbocycles. The molecule has 0 spiro atoms. The number of nitrogens with zero attached hydrogens (tertiary/aromatic N) is 1. The van der Waals surface area contributed by atoms with Gasteiger partial charge in [0.25, 0.3) is 5.69 Å². The Bertz CT molecular complexity index is 981. The molecule has 0 saturated heterocycles. The Morgan fingerprint density at radius 1 is 1.04 bits per heavy atom. The molecule has 0 fully saturated rings. The molecular formula is C21H16FNO3. The SMILES string of the molecule is Cc1cc(CC(=O)c2ccc([N+](=O)[O-])cc2)cc(-c2ccccc2F)c1. The van der Waals surface area contributed by atoms with Crippen molar-refractivity contribution in [1.82, 2.24) is 0 Å². The van der Waals surface area contributed by atoms with E-state index in [9.17, 15) is 19.3 Å². The molecule has 0 atom stereocenters. The van der Waals surface area contributed by atoms with E-state index in [-0.39, 0.29) is 23.7 Å². The van der Waals surface area contributed by atoms with Crippen molar-refractivity contribution in [2.75, 3.05) is 0 Å². The molecule has 26 heavy (non-hydrogen) atoms. The minimum absolute atomic E-state index is 0.0565. The molecule has 0 aliphatic heterocycles. The van der Waals surface area contributed by atoms with Crippen molar-refractivity contribution in [2.24, 2.45) is 0 Å². The zero-order valence-electron chi connectivity index (χ0n) is 14.1. The van der Waals surface area contributed by atoms with Gasteiger partial charge in [0.1, 0.15) is 5.82 Å². The van der Waals surface area contributed by atoms with Gasteiger partial charge in [-0.1, -0.05) is 42.0 Å². The predicted octanol–water partition coefficient (Wildman–Crippen LogP) is 5.13. The van der Waals surface area contributed by atoms with E-state index in [0.29, 0.717) is 11.1 Å². The number of hydrogen-bond donors (Lipinski definition) is 0. The van der Waals surface area contributed by atoms with Crippen molar-refractivity contribution in [3.05, 3.63) is 99.4 Å². The van der Waals surface area contributed by atoms with Gasteiger partial charge < -0.3 is 0 Å². The molecule has 0 bridgehead atoms. The Hall–Kier alpha value is -3.34. The lowest BCUT2D eigenvalue weighted by atomic mass is 9.96. The number of benzene rings is 3. The minimum atomic E-state index is -0.504. The molecule has 0 aliphatic carbocycles. The van der Waals surface area contributed by atoms with Crippen molar-refractivity contribution < 1.29 is 14.1 Å². The van der Waals surface area contributed by atoms with E-state index in [0.717, 1.165) is 16.7 Å². The molecule has 0 unspecified atom stereocenters. The molecule has 0 heterocycles. The maximum atomic E-state index is 14.0. The van der Waals surface area contributed by atoms with Crippen LogP contribution in [0.25, 0.3) is 11.1 Å². The lowest BCUT2D eigenvalue weighted by Crippen LogP contribution is -2.04. The Kier molecular flexibility index (Phi) is 4.89. The van der Waals surface area contributed by atoms with Crippen LogP contribution in [-0.2, 0) is 6.42 Å². The van der Waals surface area contributed by atoms with Gasteiger partial charge in [-0.05, 0) is 36.2 Å². The second kappa shape index (κ2) is 7.27. The number of hydrogen-bond acceptors (Lipinski definition) is 3. The molecular weight excluding hydrogens is 333 g/mol. The molecule has 0 saturated carbocycles. The summed E-state index contributed by atoms with van der Waals surface area (Å²) in [7, 11) is 0.